The summed E-state index contributed by atoms with van der Waals surface area (Å²) in [6.45, 7) is 2.33. The summed E-state index contributed by atoms with van der Waals surface area (Å²) >= 11 is 1.41. The SMILES string of the molecule is COc1ccc(NC(=O)C2CCN(S(=O)(=O)c3ccc4c(c3)NC(=O)[C@H](C)S4)CC2)cc1. The zero-order chi connectivity index (χ0) is 22.9. The highest BCUT2D eigenvalue weighted by Crippen LogP contribution is 2.37. The number of benzene rings is 2. The predicted octanol–water partition coefficient (Wildman–Crippen LogP) is 3.17. The molecule has 0 saturated carbocycles. The Morgan fingerprint density at radius 1 is 1.16 bits per heavy atom. The van der Waals surface area contributed by atoms with E-state index in [1.54, 1.807) is 43.5 Å². The molecule has 0 unspecified atom stereocenters. The number of fused-ring (bicyclic) bond motifs is 1. The van der Waals surface area contributed by atoms with E-state index in [2.05, 4.69) is 10.6 Å². The lowest BCUT2D eigenvalue weighted by molar-refractivity contribution is -0.121. The van der Waals surface area contributed by atoms with E-state index in [1.165, 1.54) is 22.1 Å². The smallest absolute Gasteiger partial charge is 0.243 e. The normalized spacial score (nSPS) is 19.7. The first-order chi connectivity index (χ1) is 15.3. The minimum Gasteiger partial charge on any atom is -0.497 e. The number of piperidine rings is 1. The molecule has 32 heavy (non-hydrogen) atoms. The van der Waals surface area contributed by atoms with Crippen molar-refractivity contribution in [1.29, 1.82) is 0 Å². The van der Waals surface area contributed by atoms with Crippen LogP contribution in [0.5, 0.6) is 5.75 Å². The van der Waals surface area contributed by atoms with Crippen LogP contribution in [0.4, 0.5) is 11.4 Å². The number of nitrogens with one attached hydrogen (secondary N) is 2. The fourth-order valence-corrected chi connectivity index (χ4v) is 6.20. The van der Waals surface area contributed by atoms with Gasteiger partial charge in [0.1, 0.15) is 5.75 Å². The molecule has 10 heteroatoms. The van der Waals surface area contributed by atoms with E-state index >= 15 is 0 Å². The van der Waals surface area contributed by atoms with Crippen molar-refractivity contribution >= 4 is 45.0 Å². The Balaban J connectivity index is 1.39. The average molecular weight is 476 g/mol. The molecule has 170 valence electrons. The molecule has 0 bridgehead atoms. The molecule has 2 aliphatic rings. The molecule has 1 saturated heterocycles. The van der Waals surface area contributed by atoms with Crippen molar-refractivity contribution in [3.8, 4) is 5.75 Å². The number of rotatable bonds is 5. The van der Waals surface area contributed by atoms with Gasteiger partial charge in [0.25, 0.3) is 0 Å². The third kappa shape index (κ3) is 4.62. The minimum atomic E-state index is -3.72. The van der Waals surface area contributed by atoms with E-state index in [-0.39, 0.29) is 41.0 Å². The first-order valence-electron chi connectivity index (χ1n) is 10.3. The highest BCUT2D eigenvalue weighted by atomic mass is 32.2. The van der Waals surface area contributed by atoms with Gasteiger partial charge in [-0.05, 0) is 62.2 Å². The largest absolute Gasteiger partial charge is 0.497 e. The number of carbonyl (C=O) groups is 2. The molecule has 0 aliphatic carbocycles. The van der Waals surface area contributed by atoms with Crippen molar-refractivity contribution in [3.05, 3.63) is 42.5 Å². The minimum absolute atomic E-state index is 0.116. The van der Waals surface area contributed by atoms with Crippen LogP contribution in [-0.4, -0.2) is 50.0 Å². The van der Waals surface area contributed by atoms with Crippen molar-refractivity contribution in [2.75, 3.05) is 30.8 Å². The molecule has 8 nitrogen and oxygen atoms in total. The molecule has 0 radical (unpaired) electrons. The summed E-state index contributed by atoms with van der Waals surface area (Å²) in [6.07, 6.45) is 0.881. The van der Waals surface area contributed by atoms with Gasteiger partial charge in [-0.1, -0.05) is 0 Å². The quantitative estimate of drug-likeness (QED) is 0.688. The van der Waals surface area contributed by atoms with E-state index in [0.29, 0.717) is 30.0 Å². The van der Waals surface area contributed by atoms with Gasteiger partial charge in [-0.15, -0.1) is 11.8 Å². The van der Waals surface area contributed by atoms with Gasteiger partial charge in [-0.25, -0.2) is 8.42 Å². The monoisotopic (exact) mass is 475 g/mol. The summed E-state index contributed by atoms with van der Waals surface area (Å²) in [5.74, 6) is 0.191. The Morgan fingerprint density at radius 3 is 2.50 bits per heavy atom. The van der Waals surface area contributed by atoms with Gasteiger partial charge in [-0.2, -0.15) is 4.31 Å². The number of nitrogens with zero attached hydrogens (tertiary/aromatic N) is 1. The number of methoxy groups -OCH3 is 1. The zero-order valence-electron chi connectivity index (χ0n) is 17.8. The number of hydrogen-bond acceptors (Lipinski definition) is 6. The van der Waals surface area contributed by atoms with Crippen LogP contribution >= 0.6 is 11.8 Å². The van der Waals surface area contributed by atoms with Crippen LogP contribution in [0.3, 0.4) is 0 Å². The number of amides is 2. The lowest BCUT2D eigenvalue weighted by atomic mass is 9.97. The standard InChI is InChI=1S/C22H25N3O5S2/c1-14-21(26)24-19-13-18(7-8-20(19)31-14)32(28,29)25-11-9-15(10-12-25)22(27)23-16-3-5-17(30-2)6-4-16/h3-8,13-15H,9-12H2,1-2H3,(H,23,27)(H,24,26)/t14-/m0/s1. The molecule has 1 atom stereocenters. The Morgan fingerprint density at radius 2 is 1.84 bits per heavy atom. The van der Waals surface area contributed by atoms with E-state index in [9.17, 15) is 18.0 Å². The van der Waals surface area contributed by atoms with Crippen LogP contribution in [0.2, 0.25) is 0 Å². The third-order valence-corrected chi connectivity index (χ3v) is 8.77. The van der Waals surface area contributed by atoms with Crippen LogP contribution in [-0.2, 0) is 19.6 Å². The molecule has 4 rings (SSSR count). The van der Waals surface area contributed by atoms with Gasteiger partial charge in [0.2, 0.25) is 21.8 Å². The molecular formula is C22H25N3O5S2. The Labute approximate surface area is 191 Å². The Bertz CT molecular complexity index is 1130. The summed E-state index contributed by atoms with van der Waals surface area (Å²) in [6, 6.07) is 11.9. The molecule has 2 aliphatic heterocycles. The lowest BCUT2D eigenvalue weighted by Gasteiger charge is -2.31. The first-order valence-corrected chi connectivity index (χ1v) is 12.7. The summed E-state index contributed by atoms with van der Waals surface area (Å²) in [5, 5.41) is 5.44. The summed E-state index contributed by atoms with van der Waals surface area (Å²) < 4.78 is 32.8. The maximum Gasteiger partial charge on any atom is 0.243 e. The molecule has 2 aromatic carbocycles. The molecule has 2 aromatic rings. The lowest BCUT2D eigenvalue weighted by Crippen LogP contribution is -2.41. The van der Waals surface area contributed by atoms with Crippen molar-refractivity contribution in [1.82, 2.24) is 4.31 Å². The molecule has 1 fully saturated rings. The van der Waals surface area contributed by atoms with Crippen LogP contribution in [0.1, 0.15) is 19.8 Å². The second kappa shape index (κ2) is 9.13. The number of anilines is 2. The molecule has 0 aromatic heterocycles. The summed E-state index contributed by atoms with van der Waals surface area (Å²) in [5.41, 5.74) is 1.20. The fraction of sp³-hybridized carbons (Fsp3) is 0.364. The molecule has 0 spiro atoms. The average Bonchev–Trinajstić information content (AvgIpc) is 2.80. The third-order valence-electron chi connectivity index (χ3n) is 5.70. The Hall–Kier alpha value is -2.56. The highest BCUT2D eigenvalue weighted by Gasteiger charge is 2.33. The van der Waals surface area contributed by atoms with Gasteiger partial charge in [0, 0.05) is 29.6 Å². The van der Waals surface area contributed by atoms with E-state index in [1.807, 2.05) is 6.92 Å². The van der Waals surface area contributed by atoms with Crippen molar-refractivity contribution in [2.24, 2.45) is 5.92 Å². The van der Waals surface area contributed by atoms with Gasteiger partial charge in [-0.3, -0.25) is 9.59 Å². The van der Waals surface area contributed by atoms with Crippen LogP contribution < -0.4 is 15.4 Å². The van der Waals surface area contributed by atoms with Gasteiger partial charge in [0.15, 0.2) is 0 Å². The maximum absolute atomic E-state index is 13.1. The zero-order valence-corrected chi connectivity index (χ0v) is 19.5. The highest BCUT2D eigenvalue weighted by molar-refractivity contribution is 8.01. The predicted molar refractivity (Wildman–Crippen MR) is 123 cm³/mol. The van der Waals surface area contributed by atoms with E-state index in [4.69, 9.17) is 4.74 Å². The van der Waals surface area contributed by atoms with Crippen LogP contribution in [0.25, 0.3) is 0 Å². The topological polar surface area (TPSA) is 105 Å². The molecule has 2 amide bonds. The molecular weight excluding hydrogens is 450 g/mol. The van der Waals surface area contributed by atoms with Crippen molar-refractivity contribution in [2.45, 2.75) is 34.8 Å². The maximum atomic E-state index is 13.1. The van der Waals surface area contributed by atoms with Gasteiger partial charge >= 0.3 is 0 Å². The van der Waals surface area contributed by atoms with Crippen molar-refractivity contribution < 1.29 is 22.7 Å². The van der Waals surface area contributed by atoms with E-state index in [0.717, 1.165) is 4.90 Å². The number of carbonyl (C=O) groups excluding carboxylic acids is 2. The first kappa shape index (κ1) is 22.6. The van der Waals surface area contributed by atoms with E-state index < -0.39 is 10.0 Å². The number of sulfonamides is 1. The second-order valence-electron chi connectivity index (χ2n) is 7.80. The summed E-state index contributed by atoms with van der Waals surface area (Å²) in [7, 11) is -2.14. The number of ether oxygens (including phenoxy) is 1. The fourth-order valence-electron chi connectivity index (χ4n) is 3.77. The molecule has 2 heterocycles. The number of thioether (sulfide) groups is 1. The Kier molecular flexibility index (Phi) is 6.45. The second-order valence-corrected chi connectivity index (χ2v) is 11.1. The van der Waals surface area contributed by atoms with Crippen LogP contribution in [0, 0.1) is 5.92 Å². The van der Waals surface area contributed by atoms with Gasteiger partial charge in [0.05, 0.1) is 22.9 Å². The summed E-state index contributed by atoms with van der Waals surface area (Å²) in [4.78, 5) is 25.6. The van der Waals surface area contributed by atoms with Crippen molar-refractivity contribution in [3.63, 3.8) is 0 Å². The molecule has 2 N–H and O–H groups in total. The van der Waals surface area contributed by atoms with Gasteiger partial charge < -0.3 is 15.4 Å². The van der Waals surface area contributed by atoms with Crippen LogP contribution in [0.15, 0.2) is 52.3 Å². The number of hydrogen-bond donors (Lipinski definition) is 2.